The van der Waals surface area contributed by atoms with Gasteiger partial charge in [-0.15, -0.1) is 0 Å². The molecule has 0 aromatic heterocycles. The molecule has 1 aliphatic heterocycles. The minimum Gasteiger partial charge on any atom is -0.486 e. The van der Waals surface area contributed by atoms with Gasteiger partial charge in [0.25, 0.3) is 5.91 Å². The summed E-state index contributed by atoms with van der Waals surface area (Å²) in [5, 5.41) is 4.90. The van der Waals surface area contributed by atoms with Crippen LogP contribution in [-0.2, 0) is 20.7 Å². The molecule has 6 heteroatoms. The Balaban J connectivity index is 1.34. The van der Waals surface area contributed by atoms with Gasteiger partial charge in [-0.2, -0.15) is 0 Å². The fourth-order valence-corrected chi connectivity index (χ4v) is 3.17. The summed E-state index contributed by atoms with van der Waals surface area (Å²) in [6.07, 6.45) is -0.865. The van der Waals surface area contributed by atoms with Crippen molar-refractivity contribution in [2.75, 3.05) is 18.5 Å². The highest BCUT2D eigenvalue weighted by molar-refractivity contribution is 5.97. The number of fused-ring (bicyclic) bond motifs is 2. The molecule has 148 valence electrons. The first-order chi connectivity index (χ1) is 14.1. The lowest BCUT2D eigenvalue weighted by Gasteiger charge is -2.19. The van der Waals surface area contributed by atoms with Crippen molar-refractivity contribution in [2.24, 2.45) is 0 Å². The SMILES string of the molecule is C[C@@H](OC(=O)Cc1ccc2c(c1)OCCO2)C(=O)Nc1ccc2ccccc2c1. The summed E-state index contributed by atoms with van der Waals surface area (Å²) in [6, 6.07) is 18.8. The van der Waals surface area contributed by atoms with Gasteiger partial charge in [0, 0.05) is 5.69 Å². The van der Waals surface area contributed by atoms with Gasteiger partial charge in [-0.05, 0) is 47.5 Å². The van der Waals surface area contributed by atoms with Crippen molar-refractivity contribution >= 4 is 28.3 Å². The van der Waals surface area contributed by atoms with Crippen LogP contribution in [-0.4, -0.2) is 31.2 Å². The predicted octanol–water partition coefficient (Wildman–Crippen LogP) is 3.72. The second-order valence-corrected chi connectivity index (χ2v) is 6.84. The van der Waals surface area contributed by atoms with Crippen molar-refractivity contribution in [1.29, 1.82) is 0 Å². The summed E-state index contributed by atoms with van der Waals surface area (Å²) < 4.78 is 16.3. The normalized spacial score (nSPS) is 13.6. The van der Waals surface area contributed by atoms with Crippen LogP contribution < -0.4 is 14.8 Å². The van der Waals surface area contributed by atoms with Gasteiger partial charge in [-0.3, -0.25) is 9.59 Å². The first-order valence-electron chi connectivity index (χ1n) is 9.46. The number of amides is 1. The number of hydrogen-bond acceptors (Lipinski definition) is 5. The summed E-state index contributed by atoms with van der Waals surface area (Å²) in [5.74, 6) is 0.416. The lowest BCUT2D eigenvalue weighted by atomic mass is 10.1. The topological polar surface area (TPSA) is 73.9 Å². The maximum Gasteiger partial charge on any atom is 0.311 e. The highest BCUT2D eigenvalue weighted by atomic mass is 16.6. The molecule has 0 fully saturated rings. The number of benzene rings is 3. The largest absolute Gasteiger partial charge is 0.486 e. The quantitative estimate of drug-likeness (QED) is 0.671. The highest BCUT2D eigenvalue weighted by Crippen LogP contribution is 2.31. The summed E-state index contributed by atoms with van der Waals surface area (Å²) in [4.78, 5) is 24.7. The standard InChI is InChI=1S/C23H21NO5/c1-15(23(26)24-19-8-7-17-4-2-3-5-18(17)14-19)29-22(25)13-16-6-9-20-21(12-16)28-11-10-27-20/h2-9,12,14-15H,10-11,13H2,1H3,(H,24,26)/t15-/m1/s1. The van der Waals surface area contributed by atoms with Crippen LogP contribution in [0, 0.1) is 0 Å². The Morgan fingerprint density at radius 1 is 0.966 bits per heavy atom. The van der Waals surface area contributed by atoms with Crippen molar-refractivity contribution in [3.63, 3.8) is 0 Å². The van der Waals surface area contributed by atoms with Crippen LogP contribution in [0.4, 0.5) is 5.69 Å². The van der Waals surface area contributed by atoms with E-state index in [1.807, 2.05) is 42.5 Å². The fourth-order valence-electron chi connectivity index (χ4n) is 3.17. The van der Waals surface area contributed by atoms with E-state index < -0.39 is 12.1 Å². The van der Waals surface area contributed by atoms with E-state index in [4.69, 9.17) is 14.2 Å². The first-order valence-corrected chi connectivity index (χ1v) is 9.46. The zero-order valence-corrected chi connectivity index (χ0v) is 16.0. The Morgan fingerprint density at radius 3 is 2.55 bits per heavy atom. The Bertz CT molecular complexity index is 1060. The van der Waals surface area contributed by atoms with Gasteiger partial charge in [-0.1, -0.05) is 36.4 Å². The van der Waals surface area contributed by atoms with Crippen molar-refractivity contribution in [1.82, 2.24) is 0 Å². The predicted molar refractivity (Wildman–Crippen MR) is 109 cm³/mol. The van der Waals surface area contributed by atoms with E-state index in [1.165, 1.54) is 0 Å². The first kappa shape index (κ1) is 18.8. The van der Waals surface area contributed by atoms with Crippen molar-refractivity contribution in [3.05, 3.63) is 66.2 Å². The molecule has 1 atom stereocenters. The Hall–Kier alpha value is -3.54. The number of anilines is 1. The molecule has 1 amide bonds. The van der Waals surface area contributed by atoms with Crippen LogP contribution in [0.5, 0.6) is 11.5 Å². The van der Waals surface area contributed by atoms with Crippen LogP contribution in [0.2, 0.25) is 0 Å². The van der Waals surface area contributed by atoms with E-state index in [2.05, 4.69) is 5.32 Å². The molecule has 6 nitrogen and oxygen atoms in total. The Kier molecular flexibility index (Phi) is 5.33. The highest BCUT2D eigenvalue weighted by Gasteiger charge is 2.19. The molecule has 0 saturated carbocycles. The maximum absolute atomic E-state index is 12.4. The molecule has 1 heterocycles. The third-order valence-corrected chi connectivity index (χ3v) is 4.65. The number of hydrogen-bond donors (Lipinski definition) is 1. The van der Waals surface area contributed by atoms with Crippen LogP contribution in [0.15, 0.2) is 60.7 Å². The van der Waals surface area contributed by atoms with Gasteiger partial charge in [0.2, 0.25) is 0 Å². The molecule has 4 rings (SSSR count). The van der Waals surface area contributed by atoms with Crippen LogP contribution in [0.25, 0.3) is 10.8 Å². The summed E-state index contributed by atoms with van der Waals surface area (Å²) >= 11 is 0. The monoisotopic (exact) mass is 391 g/mol. The smallest absolute Gasteiger partial charge is 0.311 e. The third kappa shape index (κ3) is 4.48. The summed E-state index contributed by atoms with van der Waals surface area (Å²) in [6.45, 7) is 2.54. The maximum atomic E-state index is 12.4. The van der Waals surface area contributed by atoms with E-state index in [-0.39, 0.29) is 12.3 Å². The van der Waals surface area contributed by atoms with Gasteiger partial charge in [-0.25, -0.2) is 0 Å². The zero-order chi connectivity index (χ0) is 20.2. The summed E-state index contributed by atoms with van der Waals surface area (Å²) in [5.41, 5.74) is 1.39. The minimum atomic E-state index is -0.911. The van der Waals surface area contributed by atoms with E-state index in [9.17, 15) is 9.59 Å². The fraction of sp³-hybridized carbons (Fsp3) is 0.217. The van der Waals surface area contributed by atoms with Gasteiger partial charge in [0.1, 0.15) is 13.2 Å². The number of ether oxygens (including phenoxy) is 3. The molecule has 0 saturated heterocycles. The van der Waals surface area contributed by atoms with Gasteiger partial charge < -0.3 is 19.5 Å². The third-order valence-electron chi connectivity index (χ3n) is 4.65. The van der Waals surface area contributed by atoms with Crippen molar-refractivity contribution in [2.45, 2.75) is 19.4 Å². The minimum absolute atomic E-state index is 0.0459. The molecule has 0 unspecified atom stereocenters. The van der Waals surface area contributed by atoms with Crippen molar-refractivity contribution < 1.29 is 23.8 Å². The van der Waals surface area contributed by atoms with Crippen LogP contribution in [0.3, 0.4) is 0 Å². The second-order valence-electron chi connectivity index (χ2n) is 6.84. The molecule has 0 radical (unpaired) electrons. The van der Waals surface area contributed by atoms with Crippen LogP contribution in [0.1, 0.15) is 12.5 Å². The molecule has 3 aromatic carbocycles. The molecule has 0 bridgehead atoms. The average molecular weight is 391 g/mol. The van der Waals surface area contributed by atoms with Gasteiger partial charge >= 0.3 is 5.97 Å². The number of esters is 1. The Labute approximate surface area is 168 Å². The molecule has 0 aliphatic carbocycles. The zero-order valence-electron chi connectivity index (χ0n) is 16.0. The average Bonchev–Trinajstić information content (AvgIpc) is 2.73. The Morgan fingerprint density at radius 2 is 1.72 bits per heavy atom. The molecule has 3 aromatic rings. The van der Waals surface area contributed by atoms with Gasteiger partial charge in [0.15, 0.2) is 17.6 Å². The van der Waals surface area contributed by atoms with Crippen LogP contribution >= 0.6 is 0 Å². The van der Waals surface area contributed by atoms with E-state index in [0.29, 0.717) is 30.4 Å². The number of nitrogens with one attached hydrogen (secondary N) is 1. The molecular weight excluding hydrogens is 370 g/mol. The number of carbonyl (C=O) groups is 2. The van der Waals surface area contributed by atoms with Gasteiger partial charge in [0.05, 0.1) is 6.42 Å². The lowest BCUT2D eigenvalue weighted by molar-refractivity contribution is -0.152. The molecular formula is C23H21NO5. The lowest BCUT2D eigenvalue weighted by Crippen LogP contribution is -2.30. The van der Waals surface area contributed by atoms with E-state index in [1.54, 1.807) is 25.1 Å². The van der Waals surface area contributed by atoms with Crippen molar-refractivity contribution in [3.8, 4) is 11.5 Å². The van der Waals surface area contributed by atoms with E-state index >= 15 is 0 Å². The number of carbonyl (C=O) groups excluding carboxylic acids is 2. The molecule has 1 aliphatic rings. The summed E-state index contributed by atoms with van der Waals surface area (Å²) in [7, 11) is 0. The van der Waals surface area contributed by atoms with E-state index in [0.717, 1.165) is 16.3 Å². The molecule has 29 heavy (non-hydrogen) atoms. The second kappa shape index (κ2) is 8.22. The molecule has 1 N–H and O–H groups in total. The number of rotatable bonds is 5. The molecule has 0 spiro atoms.